The van der Waals surface area contributed by atoms with Crippen LogP contribution in [0.2, 0.25) is 5.02 Å². The Balaban J connectivity index is 0.000000129. The SMILES string of the molecule is C=C(C)[C@@H]1CC[C@]2(C(=O)O)CC[C@]3(C)C(CCC4[C@@]5(C)Cc6c([nH]c7ccc(Cl)cc67)C(C)(C)C5CC[C@]43C)C12.C=C(C)[C@@H]1C[C@@H](C(=O)NCC(=O)O)C2CC[C@]3(C)C(CCC4[C@@]5(C)Cc6c([nH]c7ccccc67)C(C)(C)C5CC[C@]43C)C21.CC(C)[C@H]1CC[C@]2(C(=O)O)CC[C@]3(C)[C@H](CC[C@@H]4[C@@]5(C)CC/C(=N\OCc6ccc([N+](=O)[O-])cc6)C(C)(C)[C@@H]5CC[C@]43C)[C@@H]12. The number of nitrogens with zero attached hydrogens (tertiary/aromatic N) is 2. The second kappa shape index (κ2) is 30.7. The smallest absolute Gasteiger partial charge is 0.322 e. The van der Waals surface area contributed by atoms with Gasteiger partial charge in [-0.25, -0.2) is 0 Å². The average molecular weight is 1750 g/mol. The number of non-ortho nitro benzene ring substituents is 1. The zero-order valence-electron chi connectivity index (χ0n) is 80.6. The Morgan fingerprint density at radius 2 is 1.02 bits per heavy atom. The van der Waals surface area contributed by atoms with E-state index < -0.39 is 28.7 Å². The summed E-state index contributed by atoms with van der Waals surface area (Å²) in [5.74, 6) is 6.06. The summed E-state index contributed by atoms with van der Waals surface area (Å²) in [5, 5.41) is 52.5. The van der Waals surface area contributed by atoms with Crippen LogP contribution in [-0.2, 0) is 54.3 Å². The molecule has 0 aliphatic heterocycles. The molecule has 15 nitrogen and oxygen atoms in total. The van der Waals surface area contributed by atoms with E-state index in [0.29, 0.717) is 101 Å². The molecule has 13 saturated carbocycles. The number of oxime groups is 1. The number of nitro benzene ring substituents is 1. The number of carbonyl (C=O) groups excluding carboxylic acids is 1. The van der Waals surface area contributed by atoms with Crippen LogP contribution in [0.5, 0.6) is 0 Å². The number of amides is 1. The predicted molar refractivity (Wildman–Crippen MR) is 507 cm³/mol. The van der Waals surface area contributed by atoms with Gasteiger partial charge in [0.05, 0.1) is 21.5 Å². The Labute approximate surface area is 763 Å². The fourth-order valence-electron chi connectivity index (χ4n) is 38.5. The summed E-state index contributed by atoms with van der Waals surface area (Å²) < 4.78 is 0. The molecule has 15 aliphatic rings. The van der Waals surface area contributed by atoms with Gasteiger partial charge in [-0.15, -0.1) is 0 Å². The maximum Gasteiger partial charge on any atom is 0.322 e. The monoisotopic (exact) mass is 1750 g/mol. The van der Waals surface area contributed by atoms with Crippen LogP contribution >= 0.6 is 11.6 Å². The lowest BCUT2D eigenvalue weighted by atomic mass is 9.32. The van der Waals surface area contributed by atoms with Crippen LogP contribution in [0.25, 0.3) is 21.8 Å². The van der Waals surface area contributed by atoms with E-state index in [1.165, 1.54) is 139 Å². The van der Waals surface area contributed by atoms with Gasteiger partial charge in [0.15, 0.2) is 0 Å². The maximum atomic E-state index is 13.3. The Kier molecular flexibility index (Phi) is 21.9. The Morgan fingerprint density at radius 1 is 0.528 bits per heavy atom. The van der Waals surface area contributed by atoms with E-state index in [2.05, 4.69) is 196 Å². The molecular formula is C111H154ClN5O10. The normalized spacial score (nSPS) is 43.7. The fraction of sp³-hybridized carbons (Fsp3) is 0.721. The Bertz CT molecular complexity index is 5300. The highest BCUT2D eigenvalue weighted by Gasteiger charge is 2.76. The highest BCUT2D eigenvalue weighted by Crippen LogP contribution is 2.82. The number of allylic oxidation sites excluding steroid dienone is 2. The van der Waals surface area contributed by atoms with Gasteiger partial charge in [0.25, 0.3) is 5.69 Å². The van der Waals surface area contributed by atoms with Crippen molar-refractivity contribution in [1.29, 1.82) is 0 Å². The number of H-pyrrole nitrogens is 2. The number of fused-ring (bicyclic) bond motifs is 27. The molecule has 9 unspecified atom stereocenters. The number of carboxylic acids is 3. The molecule has 1 amide bonds. The van der Waals surface area contributed by atoms with Crippen LogP contribution in [0, 0.1) is 182 Å². The number of halogens is 1. The van der Waals surface area contributed by atoms with E-state index in [-0.39, 0.29) is 99.9 Å². The molecule has 2 heterocycles. The number of nitrogens with one attached hydrogen (secondary N) is 3. The van der Waals surface area contributed by atoms with Crippen LogP contribution in [0.3, 0.4) is 0 Å². The van der Waals surface area contributed by atoms with E-state index in [1.54, 1.807) is 17.7 Å². The minimum Gasteiger partial charge on any atom is -0.481 e. The van der Waals surface area contributed by atoms with Crippen molar-refractivity contribution >= 4 is 68.6 Å². The molecule has 13 fully saturated rings. The second-order valence-corrected chi connectivity index (χ2v) is 50.5. The summed E-state index contributed by atoms with van der Waals surface area (Å²) in [7, 11) is 0. The van der Waals surface area contributed by atoms with Gasteiger partial charge >= 0.3 is 17.9 Å². The molecule has 690 valence electrons. The number of aliphatic carboxylic acids is 3. The molecule has 20 rings (SSSR count). The molecule has 16 heteroatoms. The first-order valence-electron chi connectivity index (χ1n) is 50.2. The van der Waals surface area contributed by atoms with Crippen LogP contribution in [-0.4, -0.2) is 66.3 Å². The van der Waals surface area contributed by atoms with E-state index in [1.807, 2.05) is 6.07 Å². The van der Waals surface area contributed by atoms with E-state index >= 15 is 0 Å². The van der Waals surface area contributed by atoms with Gasteiger partial charge in [0, 0.05) is 72.5 Å². The summed E-state index contributed by atoms with van der Waals surface area (Å²) in [5.41, 5.74) is 13.8. The number of nitro groups is 1. The van der Waals surface area contributed by atoms with Crippen molar-refractivity contribution in [2.45, 2.75) is 322 Å². The third-order valence-corrected chi connectivity index (χ3v) is 45.0. The molecule has 2 aromatic heterocycles. The largest absolute Gasteiger partial charge is 0.481 e. The van der Waals surface area contributed by atoms with Crippen LogP contribution in [0.15, 0.2) is 96.2 Å². The first-order chi connectivity index (χ1) is 59.6. The van der Waals surface area contributed by atoms with Gasteiger partial charge in [0.2, 0.25) is 5.91 Å². The third-order valence-electron chi connectivity index (χ3n) is 44.7. The van der Waals surface area contributed by atoms with Gasteiger partial charge in [-0.2, -0.15) is 0 Å². The maximum absolute atomic E-state index is 13.3. The Morgan fingerprint density at radius 3 is 1.55 bits per heavy atom. The topological polar surface area (TPSA) is 237 Å². The quantitative estimate of drug-likeness (QED) is 0.0392. The number of rotatable bonds is 12. The average Bonchev–Trinajstić information content (AvgIpc) is 1.66. The third kappa shape index (κ3) is 12.8. The molecule has 28 atom stereocenters. The van der Waals surface area contributed by atoms with Gasteiger partial charge in [-0.05, 0) is 390 Å². The number of carboxylic acid groups (broad SMARTS) is 3. The molecule has 0 radical (unpaired) electrons. The van der Waals surface area contributed by atoms with Crippen molar-refractivity contribution in [3.8, 4) is 0 Å². The van der Waals surface area contributed by atoms with Crippen molar-refractivity contribution in [1.82, 2.24) is 15.3 Å². The highest BCUT2D eigenvalue weighted by atomic mass is 35.5. The lowest BCUT2D eigenvalue weighted by Gasteiger charge is -2.72. The highest BCUT2D eigenvalue weighted by molar-refractivity contribution is 6.31. The summed E-state index contributed by atoms with van der Waals surface area (Å²) >= 11 is 6.54. The number of hydrogen-bond donors (Lipinski definition) is 6. The number of benzene rings is 3. The first-order valence-corrected chi connectivity index (χ1v) is 50.5. The lowest BCUT2D eigenvalue weighted by molar-refractivity contribution is -0.384. The van der Waals surface area contributed by atoms with Crippen molar-refractivity contribution in [3.05, 3.63) is 134 Å². The molecular weight excluding hydrogens is 1600 g/mol. The minimum atomic E-state index is -0.975. The van der Waals surface area contributed by atoms with E-state index in [0.717, 1.165) is 113 Å². The zero-order chi connectivity index (χ0) is 91.2. The predicted octanol–water partition coefficient (Wildman–Crippen LogP) is 26.8. The molecule has 0 bridgehead atoms. The van der Waals surface area contributed by atoms with Gasteiger partial charge < -0.3 is 35.4 Å². The van der Waals surface area contributed by atoms with Crippen LogP contribution in [0.1, 0.15) is 320 Å². The van der Waals surface area contributed by atoms with Crippen LogP contribution in [0.4, 0.5) is 5.69 Å². The molecule has 5 aromatic rings. The lowest BCUT2D eigenvalue weighted by Crippen LogP contribution is -2.66. The molecule has 0 saturated heterocycles. The molecule has 6 N–H and O–H groups in total. The van der Waals surface area contributed by atoms with Crippen molar-refractivity contribution in [2.24, 2.45) is 177 Å². The van der Waals surface area contributed by atoms with Gasteiger partial charge in [-0.3, -0.25) is 29.3 Å². The van der Waals surface area contributed by atoms with E-state index in [4.69, 9.17) is 21.6 Å². The zero-order valence-corrected chi connectivity index (χ0v) is 81.4. The Hall–Kier alpha value is -6.74. The second-order valence-electron chi connectivity index (χ2n) is 50.1. The molecule has 15 aliphatic carbocycles. The summed E-state index contributed by atoms with van der Waals surface area (Å²) in [6.45, 7) is 56.2. The molecule has 127 heavy (non-hydrogen) atoms. The van der Waals surface area contributed by atoms with Gasteiger partial charge in [-0.1, -0.05) is 177 Å². The molecule has 3 aromatic carbocycles. The van der Waals surface area contributed by atoms with E-state index in [9.17, 15) is 44.6 Å². The summed E-state index contributed by atoms with van der Waals surface area (Å²) in [6, 6.07) is 21.8. The summed E-state index contributed by atoms with van der Waals surface area (Å²) in [4.78, 5) is 74.7. The minimum absolute atomic E-state index is 0.0587. The van der Waals surface area contributed by atoms with Crippen molar-refractivity contribution in [3.63, 3.8) is 0 Å². The number of carbonyl (C=O) groups is 4. The number of aromatic amines is 2. The fourth-order valence-corrected chi connectivity index (χ4v) is 38.7. The van der Waals surface area contributed by atoms with Gasteiger partial charge in [0.1, 0.15) is 13.2 Å². The van der Waals surface area contributed by atoms with Crippen molar-refractivity contribution in [2.75, 3.05) is 6.54 Å². The van der Waals surface area contributed by atoms with Crippen molar-refractivity contribution < 1.29 is 44.3 Å². The number of aromatic nitrogens is 2. The number of para-hydroxylation sites is 1. The first kappa shape index (κ1) is 90.8. The molecule has 0 spiro atoms. The van der Waals surface area contributed by atoms with Crippen LogP contribution < -0.4 is 5.32 Å². The number of hydrogen-bond acceptors (Lipinski definition) is 8. The standard InChI is InChI=1S/C38H52N2O3.C37H54N2O5.C36H48ClNO2/c1-21(2)24-18-25(34(43)39-20-31(41)42)23-14-16-37(6)27(32(23)24)12-13-30-36(5)19-26-22-10-8-9-11-28(22)40-33(26)35(3,4)29(36)15-17-38(30,37)7;1-23(2)26-14-19-37(32(40)41)21-20-35(6)27(31(26)37)12-13-29-34(5)17-16-30(33(3,4)28(34)15-18-36(29,35)7)38-44-22-24-8-10-25(11-9-24)39(42)43;1-20(2)22-12-15-36(31(39)40)17-16-34(6)25(29(22)36)9-11-28-33(5)19-24-23-18-21(37)8-10-26(23)38-30(24)32(3,4)27(33)13-14-35(28,34)7/h8-11,23-25,27,29-30,32,40H,1,12-20H2,2-7H3,(H,39,43)(H,41,42);8-11,23,26-29,31H,12-22H2,1-7H3,(H,40,41);8,10,18,22,25,27-29,38H,1,9,11-17,19H2,2-7H3,(H,39,40)/b;38-30+;/t23?,24-,25+,27?,29?,30?,32?,36-,37+,38+;26-,27-,28+,29-,31-,34+,35-,36-,37+;22-,25?,27?,28?,29?,33-,34+,35+,36-/m010/s1. The summed E-state index contributed by atoms with van der Waals surface area (Å²) in [6.07, 6.45) is 29.6.